The number of ketones is 1. The van der Waals surface area contributed by atoms with Crippen molar-refractivity contribution in [2.24, 2.45) is 10.9 Å². The summed E-state index contributed by atoms with van der Waals surface area (Å²) in [6.07, 6.45) is -1.99. The number of aromatic nitrogens is 1. The molecule has 0 radical (unpaired) electrons. The van der Waals surface area contributed by atoms with Gasteiger partial charge in [0.15, 0.2) is 11.5 Å². The quantitative estimate of drug-likeness (QED) is 0.301. The Balaban J connectivity index is 1.60. The molecule has 10 nitrogen and oxygen atoms in total. The fourth-order valence-electron chi connectivity index (χ4n) is 6.03. The van der Waals surface area contributed by atoms with E-state index in [9.17, 15) is 27.6 Å². The number of nitrogens with one attached hydrogen (secondary N) is 1. The molecule has 3 aliphatic rings. The van der Waals surface area contributed by atoms with E-state index < -0.39 is 40.5 Å². The highest BCUT2D eigenvalue weighted by molar-refractivity contribution is 6.12. The van der Waals surface area contributed by atoms with Crippen molar-refractivity contribution in [2.75, 3.05) is 35.0 Å². The summed E-state index contributed by atoms with van der Waals surface area (Å²) in [5.41, 5.74) is -2.42. The van der Waals surface area contributed by atoms with Crippen molar-refractivity contribution in [3.05, 3.63) is 57.2 Å². The molecule has 2 atom stereocenters. The lowest BCUT2D eigenvalue weighted by Gasteiger charge is -2.28. The predicted molar refractivity (Wildman–Crippen MR) is 139 cm³/mol. The number of H-pyrrole nitrogens is 1. The van der Waals surface area contributed by atoms with Crippen LogP contribution < -0.4 is 14.2 Å². The Labute approximate surface area is 232 Å². The number of aromatic amines is 1. The molecule has 2 aromatic rings. The summed E-state index contributed by atoms with van der Waals surface area (Å²) in [7, 11) is 5.30. The zero-order chi connectivity index (χ0) is 30.0. The van der Waals surface area contributed by atoms with E-state index in [2.05, 4.69) is 21.4 Å². The minimum absolute atomic E-state index is 0.0889. The van der Waals surface area contributed by atoms with Gasteiger partial charge in [-0.25, -0.2) is 4.79 Å². The van der Waals surface area contributed by atoms with Gasteiger partial charge >= 0.3 is 12.1 Å². The molecular weight excluding hydrogens is 547 g/mol. The Morgan fingerprint density at radius 1 is 1.17 bits per heavy atom. The molecule has 5 rings (SSSR count). The molecule has 41 heavy (non-hydrogen) atoms. The van der Waals surface area contributed by atoms with Gasteiger partial charge in [-0.2, -0.15) is 13.2 Å². The Bertz CT molecular complexity index is 1590. The number of halogens is 3. The molecule has 13 heteroatoms. The second-order valence-electron chi connectivity index (χ2n) is 9.86. The van der Waals surface area contributed by atoms with Crippen LogP contribution in [0.2, 0.25) is 0 Å². The molecule has 2 fully saturated rings. The van der Waals surface area contributed by atoms with Crippen molar-refractivity contribution in [2.45, 2.75) is 24.9 Å². The molecule has 0 bridgehead atoms. The summed E-state index contributed by atoms with van der Waals surface area (Å²) in [5.74, 6) is -1.98. The first kappa shape index (κ1) is 28.0. The van der Waals surface area contributed by atoms with Crippen LogP contribution in [0.25, 0.3) is 6.08 Å². The van der Waals surface area contributed by atoms with Gasteiger partial charge in [-0.05, 0) is 43.7 Å². The number of rotatable bonds is 7. The minimum Gasteiger partial charge on any atom is -0.493 e. The number of likely N-dealkylation sites (tertiary alicyclic amines) is 1. The first-order chi connectivity index (χ1) is 19.4. The van der Waals surface area contributed by atoms with Gasteiger partial charge in [0, 0.05) is 34.9 Å². The van der Waals surface area contributed by atoms with Crippen molar-refractivity contribution < 1.29 is 46.5 Å². The maximum Gasteiger partial charge on any atom is 0.432 e. The van der Waals surface area contributed by atoms with Gasteiger partial charge in [0.25, 0.3) is 5.91 Å². The molecule has 2 heterocycles. The topological polar surface area (TPSA) is 120 Å². The zero-order valence-corrected chi connectivity index (χ0v) is 22.8. The number of hydrogen-bond acceptors (Lipinski definition) is 8. The van der Waals surface area contributed by atoms with Gasteiger partial charge < -0.3 is 28.8 Å². The number of benzene rings is 1. The summed E-state index contributed by atoms with van der Waals surface area (Å²) in [5, 5.41) is 0. The number of amides is 1. The van der Waals surface area contributed by atoms with Crippen molar-refractivity contribution in [1.82, 2.24) is 9.88 Å². The zero-order valence-electron chi connectivity index (χ0n) is 22.8. The fourth-order valence-corrected chi connectivity index (χ4v) is 6.03. The first-order valence-electron chi connectivity index (χ1n) is 12.4. The van der Waals surface area contributed by atoms with Gasteiger partial charge in [0.1, 0.15) is 11.4 Å². The molecular formula is C28H26F3N3O7. The third-order valence-corrected chi connectivity index (χ3v) is 7.88. The Morgan fingerprint density at radius 2 is 1.85 bits per heavy atom. The first-order valence-corrected chi connectivity index (χ1v) is 12.4. The lowest BCUT2D eigenvalue weighted by molar-refractivity contribution is -0.141. The van der Waals surface area contributed by atoms with Gasteiger partial charge in [0.2, 0.25) is 11.5 Å². The predicted octanol–water partition coefficient (Wildman–Crippen LogP) is 4.08. The number of aliphatic imine (C=N–C) groups is 1. The highest BCUT2D eigenvalue weighted by Gasteiger charge is 2.69. The number of methoxy groups -OCH3 is 4. The Morgan fingerprint density at radius 3 is 2.41 bits per heavy atom. The molecule has 1 spiro atoms. The van der Waals surface area contributed by atoms with Gasteiger partial charge in [0.05, 0.1) is 39.7 Å². The number of piperidine rings is 1. The van der Waals surface area contributed by atoms with E-state index in [0.717, 1.165) is 13.2 Å². The molecule has 2 aliphatic carbocycles. The van der Waals surface area contributed by atoms with Crippen LogP contribution >= 0.6 is 0 Å². The van der Waals surface area contributed by atoms with Crippen LogP contribution in [-0.4, -0.2) is 69.2 Å². The fraction of sp³-hybridized carbons (Fsp3) is 0.357. The van der Waals surface area contributed by atoms with E-state index in [1.54, 1.807) is 13.0 Å². The number of aryl methyl sites for hydroxylation is 1. The average molecular weight is 574 g/mol. The minimum atomic E-state index is -4.95. The number of fused-ring (bicyclic) bond motifs is 1. The third kappa shape index (κ3) is 3.93. The average Bonchev–Trinajstić information content (AvgIpc) is 3.32. The van der Waals surface area contributed by atoms with Gasteiger partial charge in [-0.1, -0.05) is 0 Å². The Hall–Kier alpha value is -4.55. The van der Waals surface area contributed by atoms with Crippen molar-refractivity contribution in [3.63, 3.8) is 0 Å². The highest BCUT2D eigenvalue weighted by Crippen LogP contribution is 2.68. The molecule has 1 unspecified atom stereocenters. The largest absolute Gasteiger partial charge is 0.493 e. The van der Waals surface area contributed by atoms with E-state index in [1.165, 1.54) is 32.3 Å². The summed E-state index contributed by atoms with van der Waals surface area (Å²) < 4.78 is 62.8. The number of nitrogens with zero attached hydrogens (tertiary/aromatic N) is 2. The monoisotopic (exact) mass is 573 g/mol. The second-order valence-corrected chi connectivity index (χ2v) is 9.86. The lowest BCUT2D eigenvalue weighted by Crippen LogP contribution is -2.34. The summed E-state index contributed by atoms with van der Waals surface area (Å²) in [6.45, 7) is 5.40. The van der Waals surface area contributed by atoms with Crippen LogP contribution in [-0.2, 0) is 21.1 Å². The van der Waals surface area contributed by atoms with E-state index in [1.807, 2.05) is 0 Å². The van der Waals surface area contributed by atoms with Crippen LogP contribution in [0.4, 0.5) is 13.2 Å². The number of hydrogen-bond donors (Lipinski definition) is 1. The smallest absolute Gasteiger partial charge is 0.432 e. The number of ether oxygens (including phenoxy) is 4. The maximum atomic E-state index is 13.9. The van der Waals surface area contributed by atoms with E-state index >= 15 is 0 Å². The Kier molecular flexibility index (Phi) is 6.51. The third-order valence-electron chi connectivity index (χ3n) is 7.88. The molecule has 1 aromatic heterocycles. The standard InChI is InChI=1S/C28H26F3N3O7/c1-12-7-17(38-3)23(40-5)22(39-4)14(12)8-15(32-2)25(36)34-11-13-10-27(13)18(34)9-16(35)21-20(27)19(26(37)41-6)24(33-21)28(29,30)31/h7-9,13,33H,2,10-11H2,1,3-6H3/t13?,27-/m0/s1. The molecule has 1 aliphatic heterocycles. The van der Waals surface area contributed by atoms with E-state index in [4.69, 9.17) is 14.2 Å². The maximum absolute atomic E-state index is 13.9. The normalized spacial score (nSPS) is 20.9. The number of alkyl halides is 3. The molecule has 1 saturated heterocycles. The number of allylic oxidation sites excluding steroid dienone is 2. The summed E-state index contributed by atoms with van der Waals surface area (Å²) in [6, 6.07) is 1.70. The van der Waals surface area contributed by atoms with Crippen molar-refractivity contribution >= 4 is 30.5 Å². The number of esters is 1. The lowest BCUT2D eigenvalue weighted by atomic mass is 9.82. The second kappa shape index (κ2) is 9.53. The van der Waals surface area contributed by atoms with E-state index in [0.29, 0.717) is 29.0 Å². The van der Waals surface area contributed by atoms with Crippen LogP contribution in [0, 0.1) is 12.8 Å². The van der Waals surface area contributed by atoms with Crippen LogP contribution in [0.5, 0.6) is 17.2 Å². The van der Waals surface area contributed by atoms with Crippen LogP contribution in [0.3, 0.4) is 0 Å². The van der Waals surface area contributed by atoms with E-state index in [-0.39, 0.29) is 40.9 Å². The molecule has 1 amide bonds. The van der Waals surface area contributed by atoms with Gasteiger partial charge in [-0.3, -0.25) is 14.6 Å². The van der Waals surface area contributed by atoms with Crippen LogP contribution in [0.15, 0.2) is 28.5 Å². The SMILES string of the molecule is C=NC(=Cc1c(C)cc(OC)c(OC)c1OC)C(=O)N1CC2C[C@@]23C1=CC(=O)c1[nH]c(C(F)(F)F)c(C(=O)OC)c13. The highest BCUT2D eigenvalue weighted by atomic mass is 19.4. The van der Waals surface area contributed by atoms with Crippen molar-refractivity contribution in [3.8, 4) is 17.2 Å². The van der Waals surface area contributed by atoms with Gasteiger partial charge in [-0.15, -0.1) is 0 Å². The summed E-state index contributed by atoms with van der Waals surface area (Å²) in [4.78, 5) is 46.9. The molecule has 1 saturated carbocycles. The molecule has 1 aromatic carbocycles. The molecule has 1 N–H and O–H groups in total. The number of carbonyl (C=O) groups is 3. The molecule has 216 valence electrons. The van der Waals surface area contributed by atoms with Crippen LogP contribution in [0.1, 0.15) is 49.7 Å². The summed E-state index contributed by atoms with van der Waals surface area (Å²) >= 11 is 0. The number of carbonyl (C=O) groups excluding carboxylic acids is 3. The van der Waals surface area contributed by atoms with Crippen molar-refractivity contribution in [1.29, 1.82) is 0 Å².